The number of nitrogens with one attached hydrogen (secondary N) is 1. The van der Waals surface area contributed by atoms with Crippen LogP contribution in [0.1, 0.15) is 18.1 Å². The number of hydrogen-bond donors (Lipinski definition) is 1. The third-order valence-corrected chi connectivity index (χ3v) is 4.22. The van der Waals surface area contributed by atoms with Crippen LogP contribution in [0.2, 0.25) is 0 Å². The van der Waals surface area contributed by atoms with Gasteiger partial charge in [0.05, 0.1) is 17.3 Å². The summed E-state index contributed by atoms with van der Waals surface area (Å²) < 4.78 is 12.7. The van der Waals surface area contributed by atoms with Crippen molar-refractivity contribution in [2.45, 2.75) is 13.8 Å². The van der Waals surface area contributed by atoms with Gasteiger partial charge in [0.2, 0.25) is 0 Å². The number of rotatable bonds is 7. The maximum atomic E-state index is 11.9. The Kier molecular flexibility index (Phi) is 7.46. The summed E-state index contributed by atoms with van der Waals surface area (Å²) in [5, 5.41) is 3.96. The Morgan fingerprint density at radius 2 is 1.92 bits per heavy atom. The first-order valence-electron chi connectivity index (χ1n) is 7.62. The van der Waals surface area contributed by atoms with E-state index < -0.39 is 0 Å². The molecule has 25 heavy (non-hydrogen) atoms. The molecule has 7 heteroatoms. The van der Waals surface area contributed by atoms with E-state index in [1.165, 1.54) is 6.21 Å². The summed E-state index contributed by atoms with van der Waals surface area (Å²) in [6.45, 7) is 4.31. The number of amides is 1. The average Bonchev–Trinajstić information content (AvgIpc) is 2.56. The van der Waals surface area contributed by atoms with Gasteiger partial charge in [-0.3, -0.25) is 4.79 Å². The molecule has 2 rings (SSSR count). The molecule has 0 heterocycles. The van der Waals surface area contributed by atoms with Gasteiger partial charge in [-0.15, -0.1) is 0 Å². The second-order valence-corrected chi connectivity index (χ2v) is 6.90. The van der Waals surface area contributed by atoms with E-state index in [1.807, 2.05) is 50.2 Å². The number of halogens is 2. The highest BCUT2D eigenvalue weighted by atomic mass is 79.9. The molecule has 2 aromatic carbocycles. The Hall–Kier alpha value is -1.86. The Morgan fingerprint density at radius 1 is 1.16 bits per heavy atom. The van der Waals surface area contributed by atoms with E-state index >= 15 is 0 Å². The van der Waals surface area contributed by atoms with E-state index in [-0.39, 0.29) is 12.5 Å². The summed E-state index contributed by atoms with van der Waals surface area (Å²) in [6, 6.07) is 11.2. The minimum absolute atomic E-state index is 0.129. The summed E-state index contributed by atoms with van der Waals surface area (Å²) in [6.07, 6.45) is 1.54. The molecule has 0 unspecified atom stereocenters. The monoisotopic (exact) mass is 468 g/mol. The van der Waals surface area contributed by atoms with Crippen molar-refractivity contribution in [2.24, 2.45) is 5.10 Å². The van der Waals surface area contributed by atoms with Gasteiger partial charge in [-0.2, -0.15) is 5.10 Å². The highest BCUT2D eigenvalue weighted by molar-refractivity contribution is 9.10. The van der Waals surface area contributed by atoms with E-state index in [0.717, 1.165) is 20.1 Å². The first kappa shape index (κ1) is 19.5. The summed E-state index contributed by atoms with van der Waals surface area (Å²) in [4.78, 5) is 11.9. The molecule has 5 nitrogen and oxygen atoms in total. The van der Waals surface area contributed by atoms with Crippen molar-refractivity contribution in [2.75, 3.05) is 13.2 Å². The highest BCUT2D eigenvalue weighted by Crippen LogP contribution is 2.25. The first-order chi connectivity index (χ1) is 12.0. The van der Waals surface area contributed by atoms with Crippen molar-refractivity contribution < 1.29 is 14.3 Å². The van der Waals surface area contributed by atoms with Gasteiger partial charge in [-0.05, 0) is 65.7 Å². The molecule has 0 radical (unpaired) electrons. The predicted octanol–water partition coefficient (Wildman–Crippen LogP) is 4.45. The van der Waals surface area contributed by atoms with E-state index in [2.05, 4.69) is 42.4 Å². The molecule has 0 aliphatic heterocycles. The molecule has 0 aliphatic rings. The maximum Gasteiger partial charge on any atom is 0.277 e. The SMILES string of the molecule is CCOc1ccc(Br)cc1/C=N/NC(=O)COc1ccc(C)cc1Br. The number of ether oxygens (including phenoxy) is 2. The van der Waals surface area contributed by atoms with Crippen LogP contribution in [0.5, 0.6) is 11.5 Å². The van der Waals surface area contributed by atoms with Crippen molar-refractivity contribution in [1.82, 2.24) is 5.43 Å². The molecule has 132 valence electrons. The third-order valence-electron chi connectivity index (χ3n) is 3.11. The lowest BCUT2D eigenvalue weighted by Crippen LogP contribution is -2.24. The van der Waals surface area contributed by atoms with E-state index in [1.54, 1.807) is 0 Å². The maximum absolute atomic E-state index is 11.9. The van der Waals surface area contributed by atoms with Crippen LogP contribution in [-0.4, -0.2) is 25.3 Å². The minimum Gasteiger partial charge on any atom is -0.493 e. The number of benzene rings is 2. The molecule has 0 bridgehead atoms. The number of nitrogens with zero attached hydrogens (tertiary/aromatic N) is 1. The van der Waals surface area contributed by atoms with E-state index in [0.29, 0.717) is 18.1 Å². The molecule has 0 saturated heterocycles. The number of hydrazone groups is 1. The first-order valence-corrected chi connectivity index (χ1v) is 9.21. The zero-order valence-electron chi connectivity index (χ0n) is 13.9. The molecule has 0 aliphatic carbocycles. The van der Waals surface area contributed by atoms with Crippen molar-refractivity contribution in [3.63, 3.8) is 0 Å². The van der Waals surface area contributed by atoms with Gasteiger partial charge in [0, 0.05) is 10.0 Å². The van der Waals surface area contributed by atoms with Gasteiger partial charge in [0.1, 0.15) is 11.5 Å². The zero-order chi connectivity index (χ0) is 18.2. The quantitative estimate of drug-likeness (QED) is 0.481. The number of aryl methyl sites for hydroxylation is 1. The Morgan fingerprint density at radius 3 is 2.64 bits per heavy atom. The topological polar surface area (TPSA) is 59.9 Å². The van der Waals surface area contributed by atoms with Crippen molar-refractivity contribution in [3.05, 3.63) is 56.5 Å². The van der Waals surface area contributed by atoms with Crippen molar-refractivity contribution >= 4 is 44.0 Å². The zero-order valence-corrected chi connectivity index (χ0v) is 17.1. The van der Waals surface area contributed by atoms with Crippen LogP contribution >= 0.6 is 31.9 Å². The fraction of sp³-hybridized carbons (Fsp3) is 0.222. The number of hydrogen-bond acceptors (Lipinski definition) is 4. The van der Waals surface area contributed by atoms with Crippen molar-refractivity contribution in [1.29, 1.82) is 0 Å². The summed E-state index contributed by atoms with van der Waals surface area (Å²) in [7, 11) is 0. The second-order valence-electron chi connectivity index (χ2n) is 5.13. The van der Waals surface area contributed by atoms with Gasteiger partial charge in [-0.1, -0.05) is 22.0 Å². The van der Waals surface area contributed by atoms with Crippen LogP contribution in [0, 0.1) is 6.92 Å². The average molecular weight is 470 g/mol. The molecule has 1 amide bonds. The molecule has 1 N–H and O–H groups in total. The molecule has 0 saturated carbocycles. The Bertz CT molecular complexity index is 779. The van der Waals surface area contributed by atoms with Crippen LogP contribution in [0.15, 0.2) is 50.4 Å². The van der Waals surface area contributed by atoms with Crippen LogP contribution < -0.4 is 14.9 Å². The number of carbonyl (C=O) groups excluding carboxylic acids is 1. The van der Waals surface area contributed by atoms with Crippen LogP contribution in [0.25, 0.3) is 0 Å². The van der Waals surface area contributed by atoms with Crippen LogP contribution in [-0.2, 0) is 4.79 Å². The molecule has 0 fully saturated rings. The van der Waals surface area contributed by atoms with Gasteiger partial charge < -0.3 is 9.47 Å². The molecular weight excluding hydrogens is 452 g/mol. The lowest BCUT2D eigenvalue weighted by Gasteiger charge is -2.08. The van der Waals surface area contributed by atoms with Gasteiger partial charge in [0.15, 0.2) is 6.61 Å². The molecule has 2 aromatic rings. The predicted molar refractivity (Wildman–Crippen MR) is 105 cm³/mol. The Balaban J connectivity index is 1.91. The molecule has 0 atom stereocenters. The molecular formula is C18H18Br2N2O3. The van der Waals surface area contributed by atoms with Crippen LogP contribution in [0.3, 0.4) is 0 Å². The fourth-order valence-electron chi connectivity index (χ4n) is 1.98. The lowest BCUT2D eigenvalue weighted by molar-refractivity contribution is -0.123. The summed E-state index contributed by atoms with van der Waals surface area (Å²) in [5.74, 6) is 0.954. The fourth-order valence-corrected chi connectivity index (χ4v) is 2.97. The largest absolute Gasteiger partial charge is 0.493 e. The highest BCUT2D eigenvalue weighted by Gasteiger charge is 2.06. The standard InChI is InChI=1S/C18H18Br2N2O3/c1-3-24-16-7-5-14(19)9-13(16)10-21-22-18(23)11-25-17-6-4-12(2)8-15(17)20/h4-10H,3,11H2,1-2H3,(H,22,23)/b21-10+. The second kappa shape index (κ2) is 9.58. The van der Waals surface area contributed by atoms with E-state index in [9.17, 15) is 4.79 Å². The summed E-state index contributed by atoms with van der Waals surface area (Å²) >= 11 is 6.81. The van der Waals surface area contributed by atoms with Gasteiger partial charge in [0.25, 0.3) is 5.91 Å². The van der Waals surface area contributed by atoms with E-state index in [4.69, 9.17) is 9.47 Å². The smallest absolute Gasteiger partial charge is 0.277 e. The third kappa shape index (κ3) is 6.17. The molecule has 0 spiro atoms. The summed E-state index contributed by atoms with van der Waals surface area (Å²) in [5.41, 5.74) is 4.31. The minimum atomic E-state index is -0.350. The van der Waals surface area contributed by atoms with Crippen molar-refractivity contribution in [3.8, 4) is 11.5 Å². The van der Waals surface area contributed by atoms with Crippen LogP contribution in [0.4, 0.5) is 0 Å². The normalized spacial score (nSPS) is 10.7. The van der Waals surface area contributed by atoms with Gasteiger partial charge in [-0.25, -0.2) is 5.43 Å². The van der Waals surface area contributed by atoms with Gasteiger partial charge >= 0.3 is 0 Å². The lowest BCUT2D eigenvalue weighted by atomic mass is 10.2. The molecule has 0 aromatic heterocycles. The Labute approximate surface area is 163 Å². The number of carbonyl (C=O) groups is 1.